The molecule has 2 aromatic rings. The lowest BCUT2D eigenvalue weighted by Crippen LogP contribution is -2.31. The first kappa shape index (κ1) is 11.9. The molecule has 1 N–H and O–H groups in total. The van der Waals surface area contributed by atoms with E-state index in [2.05, 4.69) is 10.1 Å². The number of hydrogen-bond acceptors (Lipinski definition) is 4. The zero-order chi connectivity index (χ0) is 13.3. The van der Waals surface area contributed by atoms with Gasteiger partial charge in [-0.05, 0) is 6.92 Å². The Morgan fingerprint density at radius 2 is 2.22 bits per heavy atom. The maximum atomic E-state index is 11.6. The van der Waals surface area contributed by atoms with Gasteiger partial charge in [-0.15, -0.1) is 0 Å². The predicted octanol–water partition coefficient (Wildman–Crippen LogP) is -0.502. The van der Waals surface area contributed by atoms with Crippen molar-refractivity contribution in [2.45, 2.75) is 13.5 Å². The lowest BCUT2D eigenvalue weighted by molar-refractivity contribution is 0.704. The van der Waals surface area contributed by atoms with E-state index in [0.29, 0.717) is 0 Å². The summed E-state index contributed by atoms with van der Waals surface area (Å²) >= 11 is 0. The lowest BCUT2D eigenvalue weighted by atomic mass is 10.2. The van der Waals surface area contributed by atoms with Crippen molar-refractivity contribution in [1.82, 2.24) is 19.3 Å². The molecular formula is C11H11N5O2. The van der Waals surface area contributed by atoms with E-state index in [1.807, 2.05) is 6.92 Å². The van der Waals surface area contributed by atoms with Gasteiger partial charge in [-0.25, -0.2) is 4.79 Å². The fourth-order valence-electron chi connectivity index (χ4n) is 1.59. The van der Waals surface area contributed by atoms with Gasteiger partial charge in [0, 0.05) is 24.5 Å². The Balaban J connectivity index is 2.48. The SMILES string of the molecule is Cc1c(Cn2cc(C#N)c(=O)[nH]c2=O)cnn1C. The van der Waals surface area contributed by atoms with Gasteiger partial charge in [0.15, 0.2) is 0 Å². The fraction of sp³-hybridized carbons (Fsp3) is 0.273. The van der Waals surface area contributed by atoms with Gasteiger partial charge in [0.1, 0.15) is 11.6 Å². The van der Waals surface area contributed by atoms with E-state index in [1.165, 1.54) is 10.8 Å². The van der Waals surface area contributed by atoms with Crippen molar-refractivity contribution in [3.63, 3.8) is 0 Å². The second-order valence-corrected chi connectivity index (χ2v) is 3.92. The first-order valence-electron chi connectivity index (χ1n) is 5.24. The number of hydrogen-bond donors (Lipinski definition) is 1. The molecule has 2 aromatic heterocycles. The van der Waals surface area contributed by atoms with Crippen LogP contribution in [0.2, 0.25) is 0 Å². The molecule has 0 radical (unpaired) electrons. The average molecular weight is 245 g/mol. The van der Waals surface area contributed by atoms with Gasteiger partial charge in [0.05, 0.1) is 12.7 Å². The molecule has 0 unspecified atom stereocenters. The van der Waals surface area contributed by atoms with Gasteiger partial charge in [0.25, 0.3) is 5.56 Å². The van der Waals surface area contributed by atoms with Crippen molar-refractivity contribution in [2.24, 2.45) is 7.05 Å². The van der Waals surface area contributed by atoms with Crippen LogP contribution in [0.25, 0.3) is 0 Å². The second kappa shape index (κ2) is 4.33. The minimum absolute atomic E-state index is 0.0869. The van der Waals surface area contributed by atoms with Crippen molar-refractivity contribution >= 4 is 0 Å². The number of nitrogens with zero attached hydrogens (tertiary/aromatic N) is 4. The summed E-state index contributed by atoms with van der Waals surface area (Å²) in [6.07, 6.45) is 2.91. The van der Waals surface area contributed by atoms with Crippen LogP contribution in [0, 0.1) is 18.3 Å². The molecule has 0 fully saturated rings. The molecule has 0 aliphatic carbocycles. The van der Waals surface area contributed by atoms with Crippen LogP contribution >= 0.6 is 0 Å². The average Bonchev–Trinajstić information content (AvgIpc) is 2.64. The highest BCUT2D eigenvalue weighted by Crippen LogP contribution is 2.06. The molecule has 7 nitrogen and oxygen atoms in total. The van der Waals surface area contributed by atoms with E-state index >= 15 is 0 Å². The molecule has 0 amide bonds. The van der Waals surface area contributed by atoms with Crippen molar-refractivity contribution in [2.75, 3.05) is 0 Å². The number of H-pyrrole nitrogens is 1. The van der Waals surface area contributed by atoms with Gasteiger partial charge in [-0.1, -0.05) is 0 Å². The lowest BCUT2D eigenvalue weighted by Gasteiger charge is -2.04. The Kier molecular flexibility index (Phi) is 2.85. The van der Waals surface area contributed by atoms with Crippen LogP contribution in [-0.4, -0.2) is 19.3 Å². The first-order chi connectivity index (χ1) is 8.52. The third-order valence-electron chi connectivity index (χ3n) is 2.81. The molecule has 2 heterocycles. The Bertz CT molecular complexity index is 744. The van der Waals surface area contributed by atoms with Gasteiger partial charge in [-0.2, -0.15) is 10.4 Å². The van der Waals surface area contributed by atoms with Gasteiger partial charge < -0.3 is 0 Å². The summed E-state index contributed by atoms with van der Waals surface area (Å²) in [6.45, 7) is 2.15. The highest BCUT2D eigenvalue weighted by molar-refractivity contribution is 5.23. The number of nitrogens with one attached hydrogen (secondary N) is 1. The highest BCUT2D eigenvalue weighted by Gasteiger charge is 2.08. The molecule has 0 saturated heterocycles. The molecule has 18 heavy (non-hydrogen) atoms. The van der Waals surface area contributed by atoms with Crippen LogP contribution in [0.4, 0.5) is 0 Å². The summed E-state index contributed by atoms with van der Waals surface area (Å²) in [6, 6.07) is 1.74. The van der Waals surface area contributed by atoms with E-state index in [9.17, 15) is 9.59 Å². The van der Waals surface area contributed by atoms with Crippen LogP contribution in [0.15, 0.2) is 22.0 Å². The predicted molar refractivity (Wildman–Crippen MR) is 63.1 cm³/mol. The zero-order valence-electron chi connectivity index (χ0n) is 9.97. The van der Waals surface area contributed by atoms with E-state index in [0.717, 1.165) is 11.3 Å². The Morgan fingerprint density at radius 3 is 2.78 bits per heavy atom. The summed E-state index contributed by atoms with van der Waals surface area (Å²) in [5.74, 6) is 0. The van der Waals surface area contributed by atoms with E-state index in [1.54, 1.807) is 24.0 Å². The van der Waals surface area contributed by atoms with Gasteiger partial charge >= 0.3 is 5.69 Å². The molecule has 7 heteroatoms. The third-order valence-corrected chi connectivity index (χ3v) is 2.81. The van der Waals surface area contributed by atoms with Crippen molar-refractivity contribution in [3.05, 3.63) is 50.1 Å². The fourth-order valence-corrected chi connectivity index (χ4v) is 1.59. The zero-order valence-corrected chi connectivity index (χ0v) is 9.97. The van der Waals surface area contributed by atoms with Crippen molar-refractivity contribution in [3.8, 4) is 6.07 Å². The first-order valence-corrected chi connectivity index (χ1v) is 5.24. The molecule has 0 aliphatic heterocycles. The molecule has 92 valence electrons. The molecule has 0 saturated carbocycles. The molecule has 0 atom stereocenters. The maximum Gasteiger partial charge on any atom is 0.328 e. The molecule has 0 spiro atoms. The quantitative estimate of drug-likeness (QED) is 0.771. The van der Waals surface area contributed by atoms with Crippen LogP contribution in [0.5, 0.6) is 0 Å². The van der Waals surface area contributed by atoms with Crippen molar-refractivity contribution < 1.29 is 0 Å². The smallest absolute Gasteiger partial charge is 0.295 e. The Hall–Kier alpha value is -2.62. The minimum Gasteiger partial charge on any atom is -0.295 e. The third kappa shape index (κ3) is 1.96. The van der Waals surface area contributed by atoms with Crippen LogP contribution < -0.4 is 11.2 Å². The summed E-state index contributed by atoms with van der Waals surface area (Å²) < 4.78 is 2.97. The molecular weight excluding hydrogens is 234 g/mol. The van der Waals surface area contributed by atoms with E-state index < -0.39 is 11.2 Å². The highest BCUT2D eigenvalue weighted by atomic mass is 16.2. The number of aromatic amines is 1. The number of nitriles is 1. The molecule has 2 rings (SSSR count). The minimum atomic E-state index is -0.665. The summed E-state index contributed by atoms with van der Waals surface area (Å²) in [5, 5.41) is 12.8. The Morgan fingerprint density at radius 1 is 1.50 bits per heavy atom. The monoisotopic (exact) mass is 245 g/mol. The largest absolute Gasteiger partial charge is 0.328 e. The van der Waals surface area contributed by atoms with Gasteiger partial charge in [-0.3, -0.25) is 19.0 Å². The molecule has 0 aromatic carbocycles. The van der Waals surface area contributed by atoms with Gasteiger partial charge in [0.2, 0.25) is 0 Å². The molecule has 0 bridgehead atoms. The van der Waals surface area contributed by atoms with E-state index in [-0.39, 0.29) is 12.1 Å². The molecule has 0 aliphatic rings. The summed E-state index contributed by atoms with van der Waals surface area (Å²) in [5.41, 5.74) is 0.488. The normalized spacial score (nSPS) is 10.3. The van der Waals surface area contributed by atoms with E-state index in [4.69, 9.17) is 5.26 Å². The Labute approximate surface area is 102 Å². The number of rotatable bonds is 2. The number of aryl methyl sites for hydroxylation is 1. The topological polar surface area (TPSA) is 96.5 Å². The standard InChI is InChI=1S/C11H11N5O2/c1-7-9(4-13-15(7)2)6-16-5-8(3-12)10(17)14-11(16)18/h4-5H,6H2,1-2H3,(H,14,17,18). The number of aromatic nitrogens is 4. The second-order valence-electron chi connectivity index (χ2n) is 3.92. The van der Waals surface area contributed by atoms with Crippen LogP contribution in [0.1, 0.15) is 16.8 Å². The maximum absolute atomic E-state index is 11.6. The summed E-state index contributed by atoms with van der Waals surface area (Å²) in [7, 11) is 1.80. The summed E-state index contributed by atoms with van der Waals surface area (Å²) in [4.78, 5) is 24.9. The van der Waals surface area contributed by atoms with Crippen LogP contribution in [-0.2, 0) is 13.6 Å². The van der Waals surface area contributed by atoms with Crippen molar-refractivity contribution in [1.29, 1.82) is 5.26 Å². The van der Waals surface area contributed by atoms with Crippen LogP contribution in [0.3, 0.4) is 0 Å².